The fourth-order valence-electron chi connectivity index (χ4n) is 3.40. The number of hydrogen-bond donors (Lipinski definition) is 1. The van der Waals surface area contributed by atoms with Gasteiger partial charge in [0.2, 0.25) is 5.91 Å². The Kier molecular flexibility index (Phi) is 5.28. The third-order valence-corrected chi connectivity index (χ3v) is 4.81. The van der Waals surface area contributed by atoms with Crippen LogP contribution < -0.4 is 5.73 Å². The van der Waals surface area contributed by atoms with Gasteiger partial charge in [-0.25, -0.2) is 0 Å². The summed E-state index contributed by atoms with van der Waals surface area (Å²) in [5, 5.41) is 0. The predicted molar refractivity (Wildman–Crippen MR) is 96.4 cm³/mol. The molecule has 2 aromatic carbocycles. The number of hydrogen-bond acceptors (Lipinski definition) is 3. The molecule has 0 spiro atoms. The second-order valence-corrected chi connectivity index (χ2v) is 6.45. The molecule has 3 rings (SSSR count). The van der Waals surface area contributed by atoms with E-state index in [2.05, 4.69) is 41.0 Å². The van der Waals surface area contributed by atoms with Crippen molar-refractivity contribution in [1.82, 2.24) is 9.80 Å². The second-order valence-electron chi connectivity index (χ2n) is 6.45. The predicted octanol–water partition coefficient (Wildman–Crippen LogP) is 2.34. The monoisotopic (exact) mass is 323 g/mol. The van der Waals surface area contributed by atoms with Crippen molar-refractivity contribution in [2.75, 3.05) is 26.2 Å². The quantitative estimate of drug-likeness (QED) is 0.919. The third kappa shape index (κ3) is 3.83. The first-order chi connectivity index (χ1) is 11.6. The Morgan fingerprint density at radius 2 is 1.62 bits per heavy atom. The van der Waals surface area contributed by atoms with Gasteiger partial charge in [0.25, 0.3) is 0 Å². The molecule has 2 N–H and O–H groups in total. The minimum atomic E-state index is -0.327. The summed E-state index contributed by atoms with van der Waals surface area (Å²) in [6.07, 6.45) is 0. The number of rotatable bonds is 5. The number of aryl methyl sites for hydroxylation is 1. The first-order valence-electron chi connectivity index (χ1n) is 8.50. The van der Waals surface area contributed by atoms with Crippen LogP contribution in [0.1, 0.15) is 22.7 Å². The smallest absolute Gasteiger partial charge is 0.239 e. The van der Waals surface area contributed by atoms with E-state index in [1.165, 1.54) is 11.1 Å². The van der Waals surface area contributed by atoms with E-state index in [4.69, 9.17) is 5.73 Å². The molecule has 1 atom stereocenters. The van der Waals surface area contributed by atoms with Crippen LogP contribution in [0.3, 0.4) is 0 Å². The van der Waals surface area contributed by atoms with Crippen molar-refractivity contribution in [3.63, 3.8) is 0 Å². The first-order valence-corrected chi connectivity index (χ1v) is 8.50. The van der Waals surface area contributed by atoms with Crippen LogP contribution in [0.4, 0.5) is 0 Å². The Labute approximate surface area is 143 Å². The topological polar surface area (TPSA) is 49.6 Å². The molecule has 1 fully saturated rings. The van der Waals surface area contributed by atoms with Gasteiger partial charge in [0.15, 0.2) is 0 Å². The zero-order valence-electron chi connectivity index (χ0n) is 14.2. The summed E-state index contributed by atoms with van der Waals surface area (Å²) < 4.78 is 0. The van der Waals surface area contributed by atoms with Gasteiger partial charge in [-0.3, -0.25) is 14.6 Å². The highest BCUT2D eigenvalue weighted by atomic mass is 16.1. The van der Waals surface area contributed by atoms with E-state index >= 15 is 0 Å². The van der Waals surface area contributed by atoms with Gasteiger partial charge in [-0.1, -0.05) is 54.6 Å². The lowest BCUT2D eigenvalue weighted by Crippen LogP contribution is -2.50. The average molecular weight is 323 g/mol. The molecular weight excluding hydrogens is 298 g/mol. The summed E-state index contributed by atoms with van der Waals surface area (Å²) in [5.41, 5.74) is 9.38. The molecule has 1 amide bonds. The molecule has 24 heavy (non-hydrogen) atoms. The zero-order chi connectivity index (χ0) is 16.9. The van der Waals surface area contributed by atoms with Crippen LogP contribution in [0.5, 0.6) is 0 Å². The molecule has 0 aliphatic carbocycles. The standard InChI is InChI=1S/C20H25N3O/c1-16-7-5-6-10-18(16)15-22-11-13-23(14-12-22)19(20(21)24)17-8-3-2-4-9-17/h2-10,19H,11-15H2,1H3,(H2,21,24). The molecule has 0 saturated carbocycles. The van der Waals surface area contributed by atoms with Crippen molar-refractivity contribution in [3.8, 4) is 0 Å². The molecular formula is C20H25N3O. The van der Waals surface area contributed by atoms with Gasteiger partial charge in [-0.2, -0.15) is 0 Å². The lowest BCUT2D eigenvalue weighted by Gasteiger charge is -2.38. The Morgan fingerprint density at radius 3 is 2.25 bits per heavy atom. The molecule has 4 heteroatoms. The van der Waals surface area contributed by atoms with Crippen molar-refractivity contribution in [3.05, 3.63) is 71.3 Å². The van der Waals surface area contributed by atoms with Crippen LogP contribution in [0.2, 0.25) is 0 Å². The summed E-state index contributed by atoms with van der Waals surface area (Å²) in [6, 6.07) is 18.0. The van der Waals surface area contributed by atoms with Crippen molar-refractivity contribution in [1.29, 1.82) is 0 Å². The minimum Gasteiger partial charge on any atom is -0.368 e. The summed E-state index contributed by atoms with van der Waals surface area (Å²) in [7, 11) is 0. The molecule has 0 radical (unpaired) electrons. The first kappa shape index (κ1) is 16.7. The highest BCUT2D eigenvalue weighted by Crippen LogP contribution is 2.22. The summed E-state index contributed by atoms with van der Waals surface area (Å²) in [4.78, 5) is 16.6. The Bertz CT molecular complexity index is 678. The molecule has 1 saturated heterocycles. The minimum absolute atomic E-state index is 0.270. The molecule has 4 nitrogen and oxygen atoms in total. The highest BCUT2D eigenvalue weighted by Gasteiger charge is 2.28. The molecule has 2 aromatic rings. The summed E-state index contributed by atoms with van der Waals surface area (Å²) in [5.74, 6) is -0.270. The highest BCUT2D eigenvalue weighted by molar-refractivity contribution is 5.81. The van der Waals surface area contributed by atoms with Gasteiger partial charge in [-0.15, -0.1) is 0 Å². The molecule has 1 heterocycles. The van der Waals surface area contributed by atoms with E-state index in [-0.39, 0.29) is 11.9 Å². The largest absolute Gasteiger partial charge is 0.368 e. The number of amides is 1. The number of carbonyl (C=O) groups is 1. The van der Waals surface area contributed by atoms with E-state index in [1.807, 2.05) is 30.3 Å². The molecule has 126 valence electrons. The molecule has 1 unspecified atom stereocenters. The maximum absolute atomic E-state index is 12.0. The van der Waals surface area contributed by atoms with Crippen LogP contribution in [0.25, 0.3) is 0 Å². The van der Waals surface area contributed by atoms with Crippen LogP contribution in [0, 0.1) is 6.92 Å². The van der Waals surface area contributed by atoms with E-state index in [1.54, 1.807) is 0 Å². The normalized spacial score (nSPS) is 17.5. The number of benzene rings is 2. The van der Waals surface area contributed by atoms with E-state index in [0.29, 0.717) is 0 Å². The SMILES string of the molecule is Cc1ccccc1CN1CCN(C(C(N)=O)c2ccccc2)CC1. The van der Waals surface area contributed by atoms with Crippen LogP contribution in [-0.4, -0.2) is 41.9 Å². The Hall–Kier alpha value is -2.17. The van der Waals surface area contributed by atoms with E-state index in [0.717, 1.165) is 38.3 Å². The third-order valence-electron chi connectivity index (χ3n) is 4.81. The van der Waals surface area contributed by atoms with Gasteiger partial charge in [-0.05, 0) is 23.6 Å². The van der Waals surface area contributed by atoms with Gasteiger partial charge >= 0.3 is 0 Å². The summed E-state index contributed by atoms with van der Waals surface area (Å²) >= 11 is 0. The van der Waals surface area contributed by atoms with E-state index < -0.39 is 0 Å². The lowest BCUT2D eigenvalue weighted by atomic mass is 10.0. The average Bonchev–Trinajstić information content (AvgIpc) is 2.59. The van der Waals surface area contributed by atoms with Crippen LogP contribution >= 0.6 is 0 Å². The lowest BCUT2D eigenvalue weighted by molar-refractivity contribution is -0.124. The maximum atomic E-state index is 12.0. The Balaban J connectivity index is 1.63. The number of piperazine rings is 1. The second kappa shape index (κ2) is 7.60. The van der Waals surface area contributed by atoms with Crippen molar-refractivity contribution in [2.45, 2.75) is 19.5 Å². The fourth-order valence-corrected chi connectivity index (χ4v) is 3.40. The van der Waals surface area contributed by atoms with Crippen molar-refractivity contribution >= 4 is 5.91 Å². The number of primary amides is 1. The van der Waals surface area contributed by atoms with Gasteiger partial charge in [0, 0.05) is 32.7 Å². The summed E-state index contributed by atoms with van der Waals surface area (Å²) in [6.45, 7) is 6.73. The van der Waals surface area contributed by atoms with Crippen LogP contribution in [0.15, 0.2) is 54.6 Å². The molecule has 0 aromatic heterocycles. The van der Waals surface area contributed by atoms with Gasteiger partial charge < -0.3 is 5.73 Å². The van der Waals surface area contributed by atoms with Crippen molar-refractivity contribution in [2.24, 2.45) is 5.73 Å². The van der Waals surface area contributed by atoms with Gasteiger partial charge in [0.1, 0.15) is 6.04 Å². The Morgan fingerprint density at radius 1 is 1.00 bits per heavy atom. The van der Waals surface area contributed by atoms with Crippen molar-refractivity contribution < 1.29 is 4.79 Å². The number of carbonyl (C=O) groups excluding carboxylic acids is 1. The molecule has 1 aliphatic rings. The fraction of sp³-hybridized carbons (Fsp3) is 0.350. The van der Waals surface area contributed by atoms with Crippen LogP contribution in [-0.2, 0) is 11.3 Å². The molecule has 1 aliphatic heterocycles. The van der Waals surface area contributed by atoms with Gasteiger partial charge in [0.05, 0.1) is 0 Å². The number of nitrogens with zero attached hydrogens (tertiary/aromatic N) is 2. The maximum Gasteiger partial charge on any atom is 0.239 e. The number of nitrogens with two attached hydrogens (primary N) is 1. The molecule has 0 bridgehead atoms. The zero-order valence-corrected chi connectivity index (χ0v) is 14.2. The van der Waals surface area contributed by atoms with E-state index in [9.17, 15) is 4.79 Å².